The normalized spacial score (nSPS) is 16.3. The number of imidazole rings is 1. The van der Waals surface area contributed by atoms with E-state index < -0.39 is 0 Å². The second-order valence-corrected chi connectivity index (χ2v) is 7.84. The molecule has 33 heavy (non-hydrogen) atoms. The number of hydrazone groups is 1. The molecule has 0 aliphatic carbocycles. The third-order valence-electron chi connectivity index (χ3n) is 5.15. The van der Waals surface area contributed by atoms with Gasteiger partial charge in [0.1, 0.15) is 24.7 Å². The molecule has 0 amide bonds. The van der Waals surface area contributed by atoms with Gasteiger partial charge in [0.2, 0.25) is 6.29 Å². The SMILES string of the molecule is C#CCOc1ccc(C2=NN(CCC)C3N=C(Cl)c4ncn(CCC)c4N23)cc1OCC#C. The van der Waals surface area contributed by atoms with Crippen molar-refractivity contribution in [1.29, 1.82) is 0 Å². The van der Waals surface area contributed by atoms with Crippen molar-refractivity contribution in [3.8, 4) is 36.2 Å². The number of terminal acetylenes is 2. The highest BCUT2D eigenvalue weighted by atomic mass is 35.5. The Kier molecular flexibility index (Phi) is 6.76. The number of aryl methyl sites for hydroxylation is 1. The van der Waals surface area contributed by atoms with Gasteiger partial charge in [0.25, 0.3) is 0 Å². The Morgan fingerprint density at radius 3 is 2.48 bits per heavy atom. The summed E-state index contributed by atoms with van der Waals surface area (Å²) in [6.07, 6.45) is 14.0. The largest absolute Gasteiger partial charge is 0.477 e. The van der Waals surface area contributed by atoms with Gasteiger partial charge in [-0.2, -0.15) is 5.10 Å². The second-order valence-electron chi connectivity index (χ2n) is 7.48. The van der Waals surface area contributed by atoms with E-state index in [2.05, 4.69) is 40.1 Å². The molecule has 0 N–H and O–H groups in total. The Morgan fingerprint density at radius 2 is 1.79 bits per heavy atom. The molecular formula is C24H25ClN6O2. The summed E-state index contributed by atoms with van der Waals surface area (Å²) in [6.45, 7) is 5.96. The molecule has 2 aliphatic rings. The minimum absolute atomic E-state index is 0.101. The Morgan fingerprint density at radius 1 is 1.06 bits per heavy atom. The summed E-state index contributed by atoms with van der Waals surface area (Å²) in [4.78, 5) is 11.3. The van der Waals surface area contributed by atoms with E-state index in [9.17, 15) is 0 Å². The molecule has 0 spiro atoms. The Hall–Kier alpha value is -3.62. The fraction of sp³-hybridized carbons (Fsp3) is 0.375. The Bertz CT molecular complexity index is 1170. The summed E-state index contributed by atoms with van der Waals surface area (Å²) in [6, 6.07) is 5.58. The highest BCUT2D eigenvalue weighted by Gasteiger charge is 2.42. The van der Waals surface area contributed by atoms with E-state index in [0.717, 1.165) is 43.1 Å². The summed E-state index contributed by atoms with van der Waals surface area (Å²) in [5.74, 6) is 7.55. The molecule has 4 rings (SSSR count). The monoisotopic (exact) mass is 464 g/mol. The van der Waals surface area contributed by atoms with Crippen LogP contribution in [0, 0.1) is 24.7 Å². The molecule has 3 heterocycles. The van der Waals surface area contributed by atoms with Gasteiger partial charge in [-0.25, -0.2) is 9.98 Å². The van der Waals surface area contributed by atoms with Crippen LogP contribution in [0.5, 0.6) is 11.5 Å². The number of ether oxygens (including phenoxy) is 2. The summed E-state index contributed by atoms with van der Waals surface area (Å²) in [5.41, 5.74) is 1.47. The molecule has 2 aliphatic heterocycles. The maximum atomic E-state index is 6.54. The average Bonchev–Trinajstić information content (AvgIpc) is 3.39. The minimum Gasteiger partial charge on any atom is -0.477 e. The highest BCUT2D eigenvalue weighted by molar-refractivity contribution is 6.70. The van der Waals surface area contributed by atoms with Crippen LogP contribution in [0.1, 0.15) is 37.9 Å². The first-order valence-electron chi connectivity index (χ1n) is 10.8. The molecule has 1 unspecified atom stereocenters. The third kappa shape index (κ3) is 4.22. The lowest BCUT2D eigenvalue weighted by Crippen LogP contribution is -2.45. The van der Waals surface area contributed by atoms with Crippen LogP contribution in [0.15, 0.2) is 34.6 Å². The molecule has 0 saturated heterocycles. The predicted molar refractivity (Wildman–Crippen MR) is 130 cm³/mol. The van der Waals surface area contributed by atoms with Gasteiger partial charge in [-0.15, -0.1) is 12.8 Å². The topological polar surface area (TPSA) is 67.5 Å². The molecule has 1 aromatic carbocycles. The van der Waals surface area contributed by atoms with Crippen LogP contribution < -0.4 is 14.4 Å². The summed E-state index contributed by atoms with van der Waals surface area (Å²) in [5, 5.41) is 7.24. The van der Waals surface area contributed by atoms with Crippen molar-refractivity contribution in [2.24, 2.45) is 10.1 Å². The lowest BCUT2D eigenvalue weighted by molar-refractivity contribution is 0.237. The fourth-order valence-corrected chi connectivity index (χ4v) is 4.07. The standard InChI is InChI=1S/C24H25ClN6O2/c1-5-11-29-16-26-20-21(25)27-24-30(12-6-2)28-22(31(24)23(20)29)17-9-10-18(32-13-7-3)19(15-17)33-14-8-4/h3-4,9-10,15-16,24H,5-6,11-14H2,1-2H3. The van der Waals surface area contributed by atoms with E-state index in [4.69, 9.17) is 44.0 Å². The van der Waals surface area contributed by atoms with Crippen LogP contribution in [0.25, 0.3) is 0 Å². The number of aliphatic imine (C=N–C) groups is 1. The van der Waals surface area contributed by atoms with Crippen LogP contribution >= 0.6 is 11.6 Å². The molecular weight excluding hydrogens is 440 g/mol. The molecule has 170 valence electrons. The van der Waals surface area contributed by atoms with Gasteiger partial charge < -0.3 is 14.0 Å². The first-order valence-corrected chi connectivity index (χ1v) is 11.2. The van der Waals surface area contributed by atoms with Gasteiger partial charge in [-0.1, -0.05) is 37.3 Å². The molecule has 2 aromatic rings. The van der Waals surface area contributed by atoms with E-state index in [1.807, 2.05) is 23.2 Å². The van der Waals surface area contributed by atoms with Gasteiger partial charge >= 0.3 is 0 Å². The van der Waals surface area contributed by atoms with Gasteiger partial charge in [0.15, 0.2) is 22.5 Å². The number of rotatable bonds is 9. The predicted octanol–water partition coefficient (Wildman–Crippen LogP) is 3.49. The first-order chi connectivity index (χ1) is 16.1. The van der Waals surface area contributed by atoms with Gasteiger partial charge in [-0.3, -0.25) is 9.91 Å². The first kappa shape index (κ1) is 22.6. The number of hydrogen-bond acceptors (Lipinski definition) is 7. The van der Waals surface area contributed by atoms with Crippen molar-refractivity contribution in [2.75, 3.05) is 24.7 Å². The van der Waals surface area contributed by atoms with Crippen molar-refractivity contribution < 1.29 is 9.47 Å². The van der Waals surface area contributed by atoms with Gasteiger partial charge in [0.05, 0.1) is 6.33 Å². The van der Waals surface area contributed by atoms with Crippen LogP contribution in [0.2, 0.25) is 0 Å². The summed E-state index contributed by atoms with van der Waals surface area (Å²) >= 11 is 6.54. The van der Waals surface area contributed by atoms with E-state index in [1.165, 1.54) is 0 Å². The van der Waals surface area contributed by atoms with Crippen molar-refractivity contribution in [3.63, 3.8) is 0 Å². The van der Waals surface area contributed by atoms with Crippen molar-refractivity contribution in [2.45, 2.75) is 39.5 Å². The van der Waals surface area contributed by atoms with Crippen LogP contribution in [0.4, 0.5) is 5.82 Å². The lowest BCUT2D eigenvalue weighted by atomic mass is 10.1. The number of benzene rings is 1. The Balaban J connectivity index is 1.80. The third-order valence-corrected chi connectivity index (χ3v) is 5.43. The van der Waals surface area contributed by atoms with E-state index in [-0.39, 0.29) is 19.5 Å². The minimum atomic E-state index is -0.389. The highest BCUT2D eigenvalue weighted by Crippen LogP contribution is 2.38. The van der Waals surface area contributed by atoms with E-state index in [1.54, 1.807) is 6.33 Å². The number of hydrogen-bond donors (Lipinski definition) is 0. The molecule has 0 radical (unpaired) electrons. The van der Waals surface area contributed by atoms with Crippen molar-refractivity contribution >= 4 is 28.4 Å². The van der Waals surface area contributed by atoms with Crippen LogP contribution in [-0.2, 0) is 6.54 Å². The molecule has 1 atom stereocenters. The van der Waals surface area contributed by atoms with Crippen LogP contribution in [0.3, 0.4) is 0 Å². The van der Waals surface area contributed by atoms with E-state index in [0.29, 0.717) is 22.4 Å². The zero-order valence-corrected chi connectivity index (χ0v) is 19.4. The van der Waals surface area contributed by atoms with Crippen molar-refractivity contribution in [1.82, 2.24) is 14.6 Å². The quantitative estimate of drug-likeness (QED) is 0.531. The Labute approximate surface area is 198 Å². The van der Waals surface area contributed by atoms with E-state index >= 15 is 0 Å². The van der Waals surface area contributed by atoms with Gasteiger partial charge in [-0.05, 0) is 31.0 Å². The molecule has 0 saturated carbocycles. The molecule has 9 heteroatoms. The fourth-order valence-electron chi connectivity index (χ4n) is 3.85. The second kappa shape index (κ2) is 9.89. The maximum Gasteiger partial charge on any atom is 0.222 e. The zero-order valence-electron chi connectivity index (χ0n) is 18.7. The van der Waals surface area contributed by atoms with Crippen LogP contribution in [-0.4, -0.2) is 51.6 Å². The number of anilines is 1. The number of halogens is 1. The number of fused-ring (bicyclic) bond motifs is 3. The average molecular weight is 465 g/mol. The number of amidine groups is 1. The number of aromatic nitrogens is 2. The zero-order chi connectivity index (χ0) is 23.4. The van der Waals surface area contributed by atoms with Gasteiger partial charge in [0, 0.05) is 18.7 Å². The molecule has 0 fully saturated rings. The van der Waals surface area contributed by atoms with Crippen molar-refractivity contribution in [3.05, 3.63) is 35.8 Å². The summed E-state index contributed by atoms with van der Waals surface area (Å²) in [7, 11) is 0. The molecule has 0 bridgehead atoms. The number of nitrogens with zero attached hydrogens (tertiary/aromatic N) is 6. The smallest absolute Gasteiger partial charge is 0.222 e. The maximum absolute atomic E-state index is 6.54. The summed E-state index contributed by atoms with van der Waals surface area (Å²) < 4.78 is 13.5. The lowest BCUT2D eigenvalue weighted by Gasteiger charge is -2.32. The molecule has 1 aromatic heterocycles. The molecule has 8 nitrogen and oxygen atoms in total.